The number of rotatable bonds is 3. The van der Waals surface area contributed by atoms with Gasteiger partial charge in [-0.3, -0.25) is 15.1 Å². The fourth-order valence-corrected chi connectivity index (χ4v) is 1.47. The van der Waals surface area contributed by atoms with Crippen LogP contribution in [0.5, 0.6) is 5.75 Å². The molecule has 2 rings (SSSR count). The summed E-state index contributed by atoms with van der Waals surface area (Å²) in [7, 11) is 0. The third-order valence-electron chi connectivity index (χ3n) is 2.47. The molecule has 0 aliphatic heterocycles. The zero-order valence-corrected chi connectivity index (χ0v) is 9.85. The normalized spacial score (nSPS) is 10.7. The maximum atomic E-state index is 10.5. The lowest BCUT2D eigenvalue weighted by Gasteiger charge is -1.99. The molecule has 0 unspecified atom stereocenters. The molecule has 0 heterocycles. The van der Waals surface area contributed by atoms with E-state index in [1.807, 2.05) is 0 Å². The minimum Gasteiger partial charge on any atom is -0.507 e. The van der Waals surface area contributed by atoms with Crippen molar-refractivity contribution in [2.24, 2.45) is 4.99 Å². The van der Waals surface area contributed by atoms with Gasteiger partial charge >= 0.3 is 0 Å². The zero-order chi connectivity index (χ0) is 13.8. The van der Waals surface area contributed by atoms with Gasteiger partial charge < -0.3 is 10.8 Å². The van der Waals surface area contributed by atoms with E-state index in [1.165, 1.54) is 36.5 Å². The minimum atomic E-state index is -0.473. The van der Waals surface area contributed by atoms with Crippen LogP contribution in [-0.4, -0.2) is 16.2 Å². The molecule has 0 aromatic heterocycles. The van der Waals surface area contributed by atoms with Gasteiger partial charge in [0.05, 0.1) is 10.6 Å². The Morgan fingerprint density at radius 2 is 1.89 bits per heavy atom. The Hall–Kier alpha value is -2.89. The molecule has 0 aliphatic carbocycles. The molecule has 0 atom stereocenters. The topological polar surface area (TPSA) is 102 Å². The van der Waals surface area contributed by atoms with E-state index < -0.39 is 4.92 Å². The third-order valence-corrected chi connectivity index (χ3v) is 2.47. The fraction of sp³-hybridized carbons (Fsp3) is 0. The number of hydrogen-bond donors (Lipinski definition) is 2. The van der Waals surface area contributed by atoms with Crippen molar-refractivity contribution in [3.05, 3.63) is 58.1 Å². The van der Waals surface area contributed by atoms with E-state index >= 15 is 0 Å². The summed E-state index contributed by atoms with van der Waals surface area (Å²) in [6, 6.07) is 10.5. The van der Waals surface area contributed by atoms with E-state index in [-0.39, 0.29) is 11.4 Å². The van der Waals surface area contributed by atoms with Crippen molar-refractivity contribution in [2.75, 3.05) is 5.73 Å². The number of anilines is 1. The predicted octanol–water partition coefficient (Wildman–Crippen LogP) is 2.63. The van der Waals surface area contributed by atoms with Crippen molar-refractivity contribution in [1.29, 1.82) is 0 Å². The number of aromatic hydroxyl groups is 1. The molecule has 6 nitrogen and oxygen atoms in total. The minimum absolute atomic E-state index is 0.00859. The highest BCUT2D eigenvalue weighted by Gasteiger charge is 2.03. The summed E-state index contributed by atoms with van der Waals surface area (Å²) in [5.74, 6) is 0.0330. The first kappa shape index (κ1) is 12.6. The Bertz CT molecular complexity index is 636. The largest absolute Gasteiger partial charge is 0.507 e. The lowest BCUT2D eigenvalue weighted by atomic mass is 10.2. The zero-order valence-electron chi connectivity index (χ0n) is 9.85. The number of phenolic OH excluding ortho intramolecular Hbond substituents is 1. The first-order valence-corrected chi connectivity index (χ1v) is 5.43. The van der Waals surface area contributed by atoms with Crippen LogP contribution in [0.15, 0.2) is 47.5 Å². The fourth-order valence-electron chi connectivity index (χ4n) is 1.47. The van der Waals surface area contributed by atoms with Gasteiger partial charge in [-0.2, -0.15) is 0 Å². The Labute approximate surface area is 109 Å². The molecule has 2 aromatic rings. The molecule has 0 amide bonds. The number of nitro benzene ring substituents is 1. The van der Waals surface area contributed by atoms with Crippen LogP contribution in [0.3, 0.4) is 0 Å². The number of nitrogens with zero attached hydrogens (tertiary/aromatic N) is 2. The van der Waals surface area contributed by atoms with Gasteiger partial charge in [-0.1, -0.05) is 0 Å². The Morgan fingerprint density at radius 1 is 1.21 bits per heavy atom. The molecule has 0 bridgehead atoms. The average molecular weight is 257 g/mol. The van der Waals surface area contributed by atoms with Crippen molar-refractivity contribution >= 4 is 23.3 Å². The number of benzene rings is 2. The van der Waals surface area contributed by atoms with E-state index in [0.29, 0.717) is 16.9 Å². The van der Waals surface area contributed by atoms with Crippen molar-refractivity contribution in [2.45, 2.75) is 0 Å². The second-order valence-electron chi connectivity index (χ2n) is 3.85. The Balaban J connectivity index is 2.20. The lowest BCUT2D eigenvalue weighted by Crippen LogP contribution is -1.88. The highest BCUT2D eigenvalue weighted by atomic mass is 16.6. The van der Waals surface area contributed by atoms with Gasteiger partial charge in [-0.05, 0) is 24.3 Å². The molecule has 19 heavy (non-hydrogen) atoms. The molecular weight excluding hydrogens is 246 g/mol. The van der Waals surface area contributed by atoms with Gasteiger partial charge in [-0.15, -0.1) is 0 Å². The summed E-state index contributed by atoms with van der Waals surface area (Å²) in [6.45, 7) is 0. The number of non-ortho nitro benzene ring substituents is 1. The van der Waals surface area contributed by atoms with Crippen LogP contribution in [-0.2, 0) is 0 Å². The van der Waals surface area contributed by atoms with Crippen LogP contribution in [0.4, 0.5) is 17.1 Å². The smallest absolute Gasteiger partial charge is 0.269 e. The Kier molecular flexibility index (Phi) is 3.42. The third kappa shape index (κ3) is 3.06. The first-order chi connectivity index (χ1) is 9.06. The number of nitrogens with two attached hydrogens (primary N) is 1. The number of phenols is 1. The summed E-state index contributed by atoms with van der Waals surface area (Å²) >= 11 is 0. The van der Waals surface area contributed by atoms with Gasteiger partial charge in [0.25, 0.3) is 5.69 Å². The maximum absolute atomic E-state index is 10.5. The van der Waals surface area contributed by atoms with E-state index in [4.69, 9.17) is 5.73 Å². The predicted molar refractivity (Wildman–Crippen MR) is 72.9 cm³/mol. The summed E-state index contributed by atoms with van der Waals surface area (Å²) < 4.78 is 0. The summed E-state index contributed by atoms with van der Waals surface area (Å²) in [6.07, 6.45) is 1.47. The molecule has 96 valence electrons. The van der Waals surface area contributed by atoms with Crippen LogP contribution in [0.25, 0.3) is 0 Å². The first-order valence-electron chi connectivity index (χ1n) is 5.43. The van der Waals surface area contributed by atoms with Gasteiger partial charge in [-0.25, -0.2) is 0 Å². The molecule has 0 saturated carbocycles. The standard InChI is InChI=1S/C13H11N3O3/c14-10-2-1-9(13(17)7-10)8-15-11-3-5-12(6-4-11)16(18)19/h1-8,17H,14H2. The number of nitro groups is 1. The lowest BCUT2D eigenvalue weighted by molar-refractivity contribution is -0.384. The van der Waals surface area contributed by atoms with E-state index in [9.17, 15) is 15.2 Å². The Morgan fingerprint density at radius 3 is 2.47 bits per heavy atom. The molecule has 3 N–H and O–H groups in total. The molecule has 6 heteroatoms. The number of nitrogen functional groups attached to an aromatic ring is 1. The van der Waals surface area contributed by atoms with E-state index in [1.54, 1.807) is 12.1 Å². The van der Waals surface area contributed by atoms with Gasteiger partial charge in [0.2, 0.25) is 0 Å². The van der Waals surface area contributed by atoms with Crippen LogP contribution >= 0.6 is 0 Å². The molecular formula is C13H11N3O3. The molecule has 0 spiro atoms. The summed E-state index contributed by atoms with van der Waals surface area (Å²) in [4.78, 5) is 14.1. The highest BCUT2D eigenvalue weighted by molar-refractivity contribution is 5.86. The summed E-state index contributed by atoms with van der Waals surface area (Å²) in [5.41, 5.74) is 7.06. The maximum Gasteiger partial charge on any atom is 0.269 e. The molecule has 0 fully saturated rings. The second-order valence-corrected chi connectivity index (χ2v) is 3.85. The molecule has 0 aliphatic rings. The van der Waals surface area contributed by atoms with Crippen LogP contribution in [0, 0.1) is 10.1 Å². The van der Waals surface area contributed by atoms with Crippen LogP contribution < -0.4 is 5.73 Å². The molecule has 0 saturated heterocycles. The highest BCUT2D eigenvalue weighted by Crippen LogP contribution is 2.21. The van der Waals surface area contributed by atoms with E-state index in [2.05, 4.69) is 4.99 Å². The SMILES string of the molecule is Nc1ccc(C=Nc2ccc([N+](=O)[O-])cc2)c(O)c1. The quantitative estimate of drug-likeness (QED) is 0.382. The van der Waals surface area contributed by atoms with Gasteiger partial charge in [0.15, 0.2) is 0 Å². The number of hydrogen-bond acceptors (Lipinski definition) is 5. The van der Waals surface area contributed by atoms with E-state index in [0.717, 1.165) is 0 Å². The number of aliphatic imine (C=N–C) groups is 1. The monoisotopic (exact) mass is 257 g/mol. The van der Waals surface area contributed by atoms with Crippen molar-refractivity contribution in [1.82, 2.24) is 0 Å². The second kappa shape index (κ2) is 5.18. The van der Waals surface area contributed by atoms with Crippen molar-refractivity contribution in [3.63, 3.8) is 0 Å². The van der Waals surface area contributed by atoms with Crippen molar-refractivity contribution < 1.29 is 10.0 Å². The van der Waals surface area contributed by atoms with Crippen LogP contribution in [0.2, 0.25) is 0 Å². The van der Waals surface area contributed by atoms with Gasteiger partial charge in [0, 0.05) is 35.7 Å². The van der Waals surface area contributed by atoms with Gasteiger partial charge in [0.1, 0.15) is 5.75 Å². The van der Waals surface area contributed by atoms with Crippen LogP contribution in [0.1, 0.15) is 5.56 Å². The van der Waals surface area contributed by atoms with Crippen molar-refractivity contribution in [3.8, 4) is 5.75 Å². The average Bonchev–Trinajstić information content (AvgIpc) is 2.38. The summed E-state index contributed by atoms with van der Waals surface area (Å²) in [5, 5.41) is 20.1. The molecule has 2 aromatic carbocycles. The molecule has 0 radical (unpaired) electrons.